The van der Waals surface area contributed by atoms with Gasteiger partial charge >= 0.3 is 0 Å². The number of ether oxygens (including phenoxy) is 2. The second kappa shape index (κ2) is 12.7. The number of nitrogens with one attached hydrogen (secondary N) is 1. The highest BCUT2D eigenvalue weighted by atomic mass is 35.5. The lowest BCUT2D eigenvalue weighted by atomic mass is 10.1. The number of amides is 1. The first kappa shape index (κ1) is 29.6. The zero-order chi connectivity index (χ0) is 25.2. The van der Waals surface area contributed by atoms with Gasteiger partial charge in [0.15, 0.2) is 11.5 Å². The van der Waals surface area contributed by atoms with Crippen LogP contribution in [0.2, 0.25) is 0 Å². The molecule has 3 heterocycles. The smallest absolute Gasteiger partial charge is 0.271 e. The Morgan fingerprint density at radius 3 is 2.39 bits per heavy atom. The summed E-state index contributed by atoms with van der Waals surface area (Å²) in [4.78, 5) is 22.4. The molecule has 2 aromatic carbocycles. The Morgan fingerprint density at radius 2 is 1.66 bits per heavy atom. The number of benzene rings is 2. The minimum absolute atomic E-state index is 0. The maximum atomic E-state index is 13.0. The SMILES string of the molecule is Cc1cccc(N2CCN(CCNC(=O)c3nc(C)n(-c4ccc5c(c4)OCCO5)c3C)CC2)c1C.Cl.Cl. The molecular weight excluding hydrogens is 525 g/mol. The molecule has 2 aliphatic rings. The highest BCUT2D eigenvalue weighted by molar-refractivity contribution is 5.93. The molecule has 8 nitrogen and oxygen atoms in total. The molecule has 1 fully saturated rings. The van der Waals surface area contributed by atoms with E-state index in [4.69, 9.17) is 9.47 Å². The fourth-order valence-electron chi connectivity index (χ4n) is 5.11. The third-order valence-electron chi connectivity index (χ3n) is 7.28. The van der Waals surface area contributed by atoms with Gasteiger partial charge in [0.1, 0.15) is 24.7 Å². The molecule has 0 atom stereocenters. The summed E-state index contributed by atoms with van der Waals surface area (Å²) in [5, 5.41) is 3.07. The first-order chi connectivity index (χ1) is 17.4. The van der Waals surface area contributed by atoms with Crippen molar-refractivity contribution >= 4 is 36.4 Å². The van der Waals surface area contributed by atoms with Gasteiger partial charge in [0.25, 0.3) is 5.91 Å². The fourth-order valence-corrected chi connectivity index (χ4v) is 5.11. The molecule has 206 valence electrons. The Balaban J connectivity index is 0.00000200. The van der Waals surface area contributed by atoms with E-state index < -0.39 is 0 Å². The van der Waals surface area contributed by atoms with Crippen LogP contribution in [0.25, 0.3) is 5.69 Å². The van der Waals surface area contributed by atoms with Crippen LogP contribution in [0.1, 0.15) is 33.1 Å². The van der Waals surface area contributed by atoms with Crippen LogP contribution in [-0.2, 0) is 0 Å². The number of aryl methyl sites for hydroxylation is 2. The van der Waals surface area contributed by atoms with Gasteiger partial charge in [-0.3, -0.25) is 9.69 Å². The molecule has 1 aromatic heterocycles. The molecule has 2 aliphatic heterocycles. The fraction of sp³-hybridized carbons (Fsp3) is 0.429. The third-order valence-corrected chi connectivity index (χ3v) is 7.28. The number of imidazole rings is 1. The van der Waals surface area contributed by atoms with E-state index in [1.165, 1.54) is 16.8 Å². The number of anilines is 1. The average molecular weight is 563 g/mol. The van der Waals surface area contributed by atoms with E-state index in [1.807, 2.05) is 36.6 Å². The highest BCUT2D eigenvalue weighted by Gasteiger charge is 2.22. The Hall–Kier alpha value is -2.94. The maximum Gasteiger partial charge on any atom is 0.271 e. The molecule has 0 radical (unpaired) electrons. The van der Waals surface area contributed by atoms with Crippen LogP contribution in [0.3, 0.4) is 0 Å². The van der Waals surface area contributed by atoms with Crippen molar-refractivity contribution in [1.82, 2.24) is 19.8 Å². The number of halogens is 2. The van der Waals surface area contributed by atoms with Crippen LogP contribution in [-0.4, -0.2) is 72.8 Å². The van der Waals surface area contributed by atoms with Crippen LogP contribution >= 0.6 is 24.8 Å². The Kier molecular flexibility index (Phi) is 9.93. The van der Waals surface area contributed by atoms with Gasteiger partial charge in [-0.2, -0.15) is 0 Å². The molecule has 1 amide bonds. The van der Waals surface area contributed by atoms with Gasteiger partial charge in [0, 0.05) is 51.0 Å². The summed E-state index contributed by atoms with van der Waals surface area (Å²) in [6, 6.07) is 12.3. The third kappa shape index (κ3) is 6.03. The van der Waals surface area contributed by atoms with Crippen molar-refractivity contribution in [3.05, 3.63) is 64.7 Å². The molecule has 0 unspecified atom stereocenters. The number of fused-ring (bicyclic) bond motifs is 1. The van der Waals surface area contributed by atoms with Crippen molar-refractivity contribution in [2.24, 2.45) is 0 Å². The molecule has 0 aliphatic carbocycles. The quantitative estimate of drug-likeness (QED) is 0.484. The highest BCUT2D eigenvalue weighted by Crippen LogP contribution is 2.33. The summed E-state index contributed by atoms with van der Waals surface area (Å²) < 4.78 is 13.3. The minimum Gasteiger partial charge on any atom is -0.486 e. The lowest BCUT2D eigenvalue weighted by molar-refractivity contribution is 0.0942. The molecule has 3 aromatic rings. The van der Waals surface area contributed by atoms with E-state index in [9.17, 15) is 4.79 Å². The molecule has 0 saturated carbocycles. The number of carbonyl (C=O) groups is 1. The van der Waals surface area contributed by atoms with Crippen molar-refractivity contribution in [3.8, 4) is 17.2 Å². The van der Waals surface area contributed by atoms with Crippen molar-refractivity contribution in [2.75, 3.05) is 57.4 Å². The van der Waals surface area contributed by atoms with Crippen LogP contribution in [0.4, 0.5) is 5.69 Å². The largest absolute Gasteiger partial charge is 0.486 e. The van der Waals surface area contributed by atoms with Gasteiger partial charge in [-0.25, -0.2) is 4.98 Å². The number of aromatic nitrogens is 2. The van der Waals surface area contributed by atoms with Gasteiger partial charge in [-0.05, 0) is 57.0 Å². The lowest BCUT2D eigenvalue weighted by Crippen LogP contribution is -2.48. The van der Waals surface area contributed by atoms with Crippen LogP contribution in [0.5, 0.6) is 11.5 Å². The van der Waals surface area contributed by atoms with Crippen molar-refractivity contribution in [1.29, 1.82) is 0 Å². The zero-order valence-electron chi connectivity index (χ0n) is 22.5. The van der Waals surface area contributed by atoms with Gasteiger partial charge in [0.05, 0.1) is 11.4 Å². The molecule has 0 spiro atoms. The molecular formula is C28H37Cl2N5O3. The predicted molar refractivity (Wildman–Crippen MR) is 155 cm³/mol. The molecule has 1 saturated heterocycles. The van der Waals surface area contributed by atoms with Gasteiger partial charge < -0.3 is 24.3 Å². The number of hydrogen-bond acceptors (Lipinski definition) is 6. The normalized spacial score (nSPS) is 14.9. The standard InChI is InChI=1S/C28H35N5O3.2ClH/c1-19-6-5-7-24(20(19)2)32-14-12-31(13-15-32)11-10-29-28(34)27-21(3)33(22(4)30-27)23-8-9-25-26(18-23)36-17-16-35-25;;/h5-9,18H,10-17H2,1-4H3,(H,29,34);2*1H. The number of rotatable bonds is 6. The van der Waals surface area contributed by atoms with E-state index in [0.717, 1.165) is 61.4 Å². The van der Waals surface area contributed by atoms with Crippen LogP contribution < -0.4 is 19.7 Å². The lowest BCUT2D eigenvalue weighted by Gasteiger charge is -2.37. The minimum atomic E-state index is -0.138. The van der Waals surface area contributed by atoms with E-state index in [1.54, 1.807) is 0 Å². The molecule has 5 rings (SSSR count). The predicted octanol–water partition coefficient (Wildman–Crippen LogP) is 4.27. The summed E-state index contributed by atoms with van der Waals surface area (Å²) in [7, 11) is 0. The first-order valence-electron chi connectivity index (χ1n) is 12.7. The number of hydrogen-bond donors (Lipinski definition) is 1. The summed E-state index contributed by atoms with van der Waals surface area (Å²) in [5.74, 6) is 2.08. The van der Waals surface area contributed by atoms with Gasteiger partial charge in [-0.1, -0.05) is 12.1 Å². The van der Waals surface area contributed by atoms with Crippen molar-refractivity contribution in [3.63, 3.8) is 0 Å². The Labute approximate surface area is 237 Å². The van der Waals surface area contributed by atoms with Crippen molar-refractivity contribution in [2.45, 2.75) is 27.7 Å². The van der Waals surface area contributed by atoms with Crippen LogP contribution in [0, 0.1) is 27.7 Å². The summed E-state index contributed by atoms with van der Waals surface area (Å²) >= 11 is 0. The molecule has 1 N–H and O–H groups in total. The molecule has 0 bridgehead atoms. The molecule has 10 heteroatoms. The second-order valence-corrected chi connectivity index (χ2v) is 9.56. The van der Waals surface area contributed by atoms with E-state index >= 15 is 0 Å². The summed E-state index contributed by atoms with van der Waals surface area (Å²) in [5.41, 5.74) is 6.20. The number of carbonyl (C=O) groups excluding carboxylic acids is 1. The second-order valence-electron chi connectivity index (χ2n) is 9.56. The average Bonchev–Trinajstić information content (AvgIpc) is 3.19. The van der Waals surface area contributed by atoms with Crippen LogP contribution in [0.15, 0.2) is 36.4 Å². The van der Waals surface area contributed by atoms with E-state index in [0.29, 0.717) is 25.5 Å². The summed E-state index contributed by atoms with van der Waals surface area (Å²) in [6.45, 7) is 14.7. The van der Waals surface area contributed by atoms with E-state index in [2.05, 4.69) is 52.1 Å². The Bertz CT molecular complexity index is 1270. The Morgan fingerprint density at radius 1 is 0.947 bits per heavy atom. The maximum absolute atomic E-state index is 13.0. The molecule has 38 heavy (non-hydrogen) atoms. The van der Waals surface area contributed by atoms with Gasteiger partial charge in [0.2, 0.25) is 0 Å². The number of piperazine rings is 1. The first-order valence-corrected chi connectivity index (χ1v) is 12.7. The van der Waals surface area contributed by atoms with E-state index in [-0.39, 0.29) is 30.7 Å². The van der Waals surface area contributed by atoms with Crippen molar-refractivity contribution < 1.29 is 14.3 Å². The zero-order valence-corrected chi connectivity index (χ0v) is 24.1. The summed E-state index contributed by atoms with van der Waals surface area (Å²) in [6.07, 6.45) is 0. The number of nitrogens with zero attached hydrogens (tertiary/aromatic N) is 4. The van der Waals surface area contributed by atoms with Gasteiger partial charge in [-0.15, -0.1) is 24.8 Å². The topological polar surface area (TPSA) is 71.9 Å². The monoisotopic (exact) mass is 561 g/mol.